The van der Waals surface area contributed by atoms with E-state index < -0.39 is 0 Å². The molecule has 0 N–H and O–H groups in total. The summed E-state index contributed by atoms with van der Waals surface area (Å²) in [7, 11) is 2.00. The molecule has 0 spiro atoms. The fourth-order valence-electron chi connectivity index (χ4n) is 4.12. The number of halogens is 1. The fraction of sp³-hybridized carbons (Fsp3) is 0.524. The van der Waals surface area contributed by atoms with Crippen molar-refractivity contribution < 1.29 is 13.9 Å². The lowest BCUT2D eigenvalue weighted by Crippen LogP contribution is -2.47. The fourth-order valence-corrected chi connectivity index (χ4v) is 4.12. The summed E-state index contributed by atoms with van der Waals surface area (Å²) in [4.78, 5) is 21.6. The molecule has 1 atom stereocenters. The van der Waals surface area contributed by atoms with E-state index in [1.165, 1.54) is 6.07 Å². The van der Waals surface area contributed by atoms with Crippen molar-refractivity contribution in [3.05, 3.63) is 53.9 Å². The Bertz CT molecular complexity index is 816. The molecule has 1 unspecified atom stereocenters. The number of imidazole rings is 1. The summed E-state index contributed by atoms with van der Waals surface area (Å²) in [6.45, 7) is 4.05. The van der Waals surface area contributed by atoms with Gasteiger partial charge in [0.25, 0.3) is 0 Å². The number of aromatic nitrogens is 2. The first-order valence-corrected chi connectivity index (χ1v) is 9.95. The van der Waals surface area contributed by atoms with Crippen molar-refractivity contribution in [2.24, 2.45) is 13.0 Å². The maximum absolute atomic E-state index is 14.1. The molecule has 2 aliphatic heterocycles. The number of ether oxygens (including phenoxy) is 1. The van der Waals surface area contributed by atoms with Crippen molar-refractivity contribution in [1.29, 1.82) is 0 Å². The molecule has 6 nitrogen and oxygen atoms in total. The zero-order chi connectivity index (χ0) is 19.5. The van der Waals surface area contributed by atoms with E-state index >= 15 is 0 Å². The minimum Gasteiger partial charge on any atom is -0.370 e. The molecule has 2 fully saturated rings. The van der Waals surface area contributed by atoms with Gasteiger partial charge < -0.3 is 14.2 Å². The SMILES string of the molecule is Cn1ccnc1CN1CCC(C(=O)N2CCOC(c3ccccc3F)C2)CC1. The lowest BCUT2D eigenvalue weighted by atomic mass is 9.94. The Labute approximate surface area is 164 Å². The standard InChI is InChI=1S/C21H27FN4O2/c1-24-11-8-23-20(24)15-25-9-6-16(7-10-25)21(27)26-12-13-28-19(14-26)17-4-2-3-5-18(17)22/h2-5,8,11,16,19H,6-7,9-10,12-15H2,1H3. The highest BCUT2D eigenvalue weighted by molar-refractivity contribution is 5.79. The van der Waals surface area contributed by atoms with Gasteiger partial charge in [-0.3, -0.25) is 9.69 Å². The number of amides is 1. The summed E-state index contributed by atoms with van der Waals surface area (Å²) in [5, 5.41) is 0. The van der Waals surface area contributed by atoms with E-state index in [0.29, 0.717) is 25.3 Å². The van der Waals surface area contributed by atoms with Gasteiger partial charge in [0.1, 0.15) is 17.7 Å². The molecule has 2 saturated heterocycles. The van der Waals surface area contributed by atoms with E-state index in [1.54, 1.807) is 18.2 Å². The van der Waals surface area contributed by atoms with Gasteiger partial charge in [0.2, 0.25) is 5.91 Å². The number of rotatable bonds is 4. The Morgan fingerprint density at radius 1 is 1.25 bits per heavy atom. The number of aryl methyl sites for hydroxylation is 1. The zero-order valence-electron chi connectivity index (χ0n) is 16.3. The molecule has 28 heavy (non-hydrogen) atoms. The van der Waals surface area contributed by atoms with Gasteiger partial charge in [0, 0.05) is 37.5 Å². The number of benzene rings is 1. The van der Waals surface area contributed by atoms with Crippen LogP contribution in [0.3, 0.4) is 0 Å². The molecule has 0 bridgehead atoms. The van der Waals surface area contributed by atoms with Crippen LogP contribution in [0.15, 0.2) is 36.7 Å². The number of carbonyl (C=O) groups is 1. The zero-order valence-corrected chi connectivity index (χ0v) is 16.3. The number of morpholine rings is 1. The summed E-state index contributed by atoms with van der Waals surface area (Å²) in [6.07, 6.45) is 5.09. The molecular weight excluding hydrogens is 359 g/mol. The number of nitrogens with zero attached hydrogens (tertiary/aromatic N) is 4. The van der Waals surface area contributed by atoms with Crippen LogP contribution < -0.4 is 0 Å². The Morgan fingerprint density at radius 3 is 2.75 bits per heavy atom. The first-order chi connectivity index (χ1) is 13.6. The van der Waals surface area contributed by atoms with Crippen LogP contribution in [0.5, 0.6) is 0 Å². The smallest absolute Gasteiger partial charge is 0.225 e. The summed E-state index contributed by atoms with van der Waals surface area (Å²) in [5.74, 6) is 0.994. The topological polar surface area (TPSA) is 50.6 Å². The third-order valence-electron chi connectivity index (χ3n) is 5.85. The van der Waals surface area contributed by atoms with Gasteiger partial charge in [-0.2, -0.15) is 0 Å². The lowest BCUT2D eigenvalue weighted by molar-refractivity contribution is -0.145. The maximum Gasteiger partial charge on any atom is 0.225 e. The summed E-state index contributed by atoms with van der Waals surface area (Å²) in [6, 6.07) is 6.66. The van der Waals surface area contributed by atoms with Gasteiger partial charge in [-0.1, -0.05) is 18.2 Å². The Morgan fingerprint density at radius 2 is 2.04 bits per heavy atom. The molecule has 3 heterocycles. The third-order valence-corrected chi connectivity index (χ3v) is 5.85. The number of carbonyl (C=O) groups excluding carboxylic acids is 1. The minimum atomic E-state index is -0.387. The average Bonchev–Trinajstić information content (AvgIpc) is 3.13. The van der Waals surface area contributed by atoms with Crippen LogP contribution in [-0.4, -0.2) is 58.0 Å². The third kappa shape index (κ3) is 4.10. The first-order valence-electron chi connectivity index (χ1n) is 9.95. The molecule has 1 amide bonds. The monoisotopic (exact) mass is 386 g/mol. The first kappa shape index (κ1) is 19.1. The summed E-state index contributed by atoms with van der Waals surface area (Å²) in [5.41, 5.74) is 0.532. The van der Waals surface area contributed by atoms with Crippen molar-refractivity contribution in [3.63, 3.8) is 0 Å². The van der Waals surface area contributed by atoms with Gasteiger partial charge in [-0.15, -0.1) is 0 Å². The van der Waals surface area contributed by atoms with E-state index in [4.69, 9.17) is 4.74 Å². The normalized spacial score (nSPS) is 21.8. The highest BCUT2D eigenvalue weighted by Crippen LogP contribution is 2.27. The molecule has 0 radical (unpaired) electrons. The van der Waals surface area contributed by atoms with Crippen LogP contribution in [0, 0.1) is 11.7 Å². The van der Waals surface area contributed by atoms with E-state index in [1.807, 2.05) is 28.9 Å². The number of likely N-dealkylation sites (tertiary alicyclic amines) is 1. The second kappa shape index (κ2) is 8.41. The second-order valence-electron chi connectivity index (χ2n) is 7.67. The highest BCUT2D eigenvalue weighted by Gasteiger charge is 2.33. The summed E-state index contributed by atoms with van der Waals surface area (Å²) < 4.78 is 21.9. The van der Waals surface area contributed by atoms with Crippen LogP contribution in [0.1, 0.15) is 30.3 Å². The predicted molar refractivity (Wildman–Crippen MR) is 103 cm³/mol. The molecule has 2 aromatic rings. The van der Waals surface area contributed by atoms with Crippen molar-refractivity contribution in [2.45, 2.75) is 25.5 Å². The molecule has 1 aromatic carbocycles. The van der Waals surface area contributed by atoms with E-state index in [0.717, 1.165) is 38.3 Å². The molecule has 0 saturated carbocycles. The van der Waals surface area contributed by atoms with Gasteiger partial charge >= 0.3 is 0 Å². The van der Waals surface area contributed by atoms with E-state index in [9.17, 15) is 9.18 Å². The minimum absolute atomic E-state index is 0.0389. The molecule has 0 aliphatic carbocycles. The molecule has 1 aromatic heterocycles. The van der Waals surface area contributed by atoms with Crippen molar-refractivity contribution in [1.82, 2.24) is 19.4 Å². The average molecular weight is 386 g/mol. The maximum atomic E-state index is 14.1. The highest BCUT2D eigenvalue weighted by atomic mass is 19.1. The Balaban J connectivity index is 1.32. The van der Waals surface area contributed by atoms with Crippen LogP contribution in [0.25, 0.3) is 0 Å². The molecule has 150 valence electrons. The van der Waals surface area contributed by atoms with Crippen molar-refractivity contribution in [3.8, 4) is 0 Å². The van der Waals surface area contributed by atoms with Crippen LogP contribution >= 0.6 is 0 Å². The largest absolute Gasteiger partial charge is 0.370 e. The van der Waals surface area contributed by atoms with Gasteiger partial charge in [-0.05, 0) is 32.0 Å². The second-order valence-corrected chi connectivity index (χ2v) is 7.67. The molecular formula is C21H27FN4O2. The Hall–Kier alpha value is -2.25. The van der Waals surface area contributed by atoms with Crippen molar-refractivity contribution in [2.75, 3.05) is 32.8 Å². The van der Waals surface area contributed by atoms with Gasteiger partial charge in [0.05, 0.1) is 19.7 Å². The Kier molecular flexibility index (Phi) is 5.73. The van der Waals surface area contributed by atoms with Crippen molar-refractivity contribution >= 4 is 5.91 Å². The van der Waals surface area contributed by atoms with Gasteiger partial charge in [-0.25, -0.2) is 9.37 Å². The van der Waals surface area contributed by atoms with Crippen LogP contribution in [-0.2, 0) is 23.1 Å². The molecule has 2 aliphatic rings. The number of piperidine rings is 1. The van der Waals surface area contributed by atoms with E-state index in [-0.39, 0.29) is 23.7 Å². The van der Waals surface area contributed by atoms with Gasteiger partial charge in [0.15, 0.2) is 0 Å². The summed E-state index contributed by atoms with van der Waals surface area (Å²) >= 11 is 0. The lowest BCUT2D eigenvalue weighted by Gasteiger charge is -2.38. The number of hydrogen-bond donors (Lipinski definition) is 0. The van der Waals surface area contributed by atoms with E-state index in [2.05, 4.69) is 9.88 Å². The quantitative estimate of drug-likeness (QED) is 0.810. The predicted octanol–water partition coefficient (Wildman–Crippen LogP) is 2.37. The van der Waals surface area contributed by atoms with Crippen LogP contribution in [0.4, 0.5) is 4.39 Å². The molecule has 7 heteroatoms. The number of hydrogen-bond acceptors (Lipinski definition) is 4. The van der Waals surface area contributed by atoms with Crippen LogP contribution in [0.2, 0.25) is 0 Å². The molecule has 4 rings (SSSR count).